The molecule has 2 rings (SSSR count). The van der Waals surface area contributed by atoms with Gasteiger partial charge in [0.05, 0.1) is 0 Å². The molecule has 0 saturated carbocycles. The van der Waals surface area contributed by atoms with Gasteiger partial charge in [0, 0.05) is 12.1 Å². The summed E-state index contributed by atoms with van der Waals surface area (Å²) in [5.74, 6) is 0.381. The number of aromatic nitrogens is 2. The molecule has 0 atom stereocenters. The van der Waals surface area contributed by atoms with E-state index in [1.165, 1.54) is 11.6 Å². The fourth-order valence-electron chi connectivity index (χ4n) is 1.59. The molecule has 0 N–H and O–H groups in total. The predicted molar refractivity (Wildman–Crippen MR) is 70.4 cm³/mol. The predicted octanol–water partition coefficient (Wildman–Crippen LogP) is 2.43. The molecule has 1 heterocycles. The largest absolute Gasteiger partial charge is 0.483 e. The van der Waals surface area contributed by atoms with Crippen LogP contribution < -0.4 is 4.74 Å². The van der Waals surface area contributed by atoms with Crippen molar-refractivity contribution in [3.63, 3.8) is 0 Å². The van der Waals surface area contributed by atoms with Gasteiger partial charge >= 0.3 is 5.82 Å². The monoisotopic (exact) mass is 292 g/mol. The van der Waals surface area contributed by atoms with Crippen LogP contribution in [0.1, 0.15) is 11.5 Å². The van der Waals surface area contributed by atoms with Gasteiger partial charge in [-0.05, 0) is 34.2 Å². The van der Waals surface area contributed by atoms with Crippen LogP contribution in [0.2, 0.25) is 5.02 Å². The van der Waals surface area contributed by atoms with E-state index >= 15 is 0 Å². The van der Waals surface area contributed by atoms with E-state index in [-0.39, 0.29) is 12.3 Å². The number of hydrogen-bond donors (Lipinski definition) is 0. The van der Waals surface area contributed by atoms with E-state index in [1.54, 1.807) is 30.3 Å². The van der Waals surface area contributed by atoms with Crippen LogP contribution in [-0.4, -0.2) is 14.5 Å². The Morgan fingerprint density at radius 2 is 2.15 bits per heavy atom. The van der Waals surface area contributed by atoms with Gasteiger partial charge in [0.25, 0.3) is 5.82 Å². The number of nitro groups is 1. The zero-order valence-corrected chi connectivity index (χ0v) is 11.2. The number of nitriles is 1. The number of hydrogen-bond acceptors (Lipinski definition) is 5. The van der Waals surface area contributed by atoms with Gasteiger partial charge in [-0.1, -0.05) is 11.6 Å². The van der Waals surface area contributed by atoms with Gasteiger partial charge in [-0.25, -0.2) is 0 Å². The Kier molecular flexibility index (Phi) is 3.86. The molecule has 7 nitrogen and oxygen atoms in total. The zero-order chi connectivity index (χ0) is 14.7. The van der Waals surface area contributed by atoms with E-state index < -0.39 is 10.7 Å². The SMILES string of the molecule is Cn1c(COc2ccc(Cl)cc2)nc([N+](=O)[O-])c1C#N. The Hall–Kier alpha value is -2.59. The van der Waals surface area contributed by atoms with E-state index in [9.17, 15) is 10.1 Å². The summed E-state index contributed by atoms with van der Waals surface area (Å²) < 4.78 is 6.79. The molecule has 2 aromatic rings. The first-order valence-electron chi connectivity index (χ1n) is 5.51. The lowest BCUT2D eigenvalue weighted by molar-refractivity contribution is -0.389. The number of rotatable bonds is 4. The molecule has 0 fully saturated rings. The Labute approximate surface area is 119 Å². The highest BCUT2D eigenvalue weighted by Crippen LogP contribution is 2.20. The molecule has 0 amide bonds. The highest BCUT2D eigenvalue weighted by atomic mass is 35.5. The van der Waals surface area contributed by atoms with Crippen molar-refractivity contribution in [2.24, 2.45) is 7.05 Å². The quantitative estimate of drug-likeness (QED) is 0.637. The van der Waals surface area contributed by atoms with E-state index in [0.717, 1.165) is 0 Å². The standard InChI is InChI=1S/C12H9ClN4O3/c1-16-10(6-14)12(17(18)19)15-11(16)7-20-9-4-2-8(13)3-5-9/h2-5H,7H2,1H3. The van der Waals surface area contributed by atoms with Crippen molar-refractivity contribution in [2.75, 3.05) is 0 Å². The summed E-state index contributed by atoms with van der Waals surface area (Å²) in [7, 11) is 1.53. The first-order chi connectivity index (χ1) is 9.52. The van der Waals surface area contributed by atoms with Crippen LogP contribution in [-0.2, 0) is 13.7 Å². The third kappa shape index (κ3) is 2.70. The fraction of sp³-hybridized carbons (Fsp3) is 0.167. The number of imidazole rings is 1. The smallest absolute Gasteiger partial charge is 0.400 e. The minimum absolute atomic E-state index is 0.0145. The van der Waals surface area contributed by atoms with Gasteiger partial charge in [-0.3, -0.25) is 4.57 Å². The highest BCUT2D eigenvalue weighted by Gasteiger charge is 2.25. The lowest BCUT2D eigenvalue weighted by Crippen LogP contribution is -2.04. The maximum absolute atomic E-state index is 10.8. The Bertz CT molecular complexity index is 688. The molecule has 8 heteroatoms. The van der Waals surface area contributed by atoms with Gasteiger partial charge in [0.15, 0.2) is 6.61 Å². The van der Waals surface area contributed by atoms with Crippen LogP contribution in [0.25, 0.3) is 0 Å². The Morgan fingerprint density at radius 3 is 2.65 bits per heavy atom. The molecule has 0 aliphatic heterocycles. The molecule has 0 spiro atoms. The summed E-state index contributed by atoms with van der Waals surface area (Å²) in [5, 5.41) is 20.3. The maximum Gasteiger partial charge on any atom is 0.400 e. The van der Waals surface area contributed by atoms with Crippen molar-refractivity contribution in [3.05, 3.63) is 50.9 Å². The third-order valence-corrected chi connectivity index (χ3v) is 2.88. The number of nitrogens with zero attached hydrogens (tertiary/aromatic N) is 4. The van der Waals surface area contributed by atoms with E-state index in [2.05, 4.69) is 4.98 Å². The fourth-order valence-corrected chi connectivity index (χ4v) is 1.72. The molecule has 0 radical (unpaired) electrons. The van der Waals surface area contributed by atoms with E-state index in [0.29, 0.717) is 16.6 Å². The summed E-state index contributed by atoms with van der Waals surface area (Å²) in [4.78, 5) is 13.9. The lowest BCUT2D eigenvalue weighted by atomic mass is 10.3. The second-order valence-electron chi connectivity index (χ2n) is 3.87. The average Bonchev–Trinajstić information content (AvgIpc) is 2.75. The van der Waals surface area contributed by atoms with Crippen LogP contribution in [0.5, 0.6) is 5.75 Å². The molecule has 0 aliphatic carbocycles. The minimum Gasteiger partial charge on any atom is -0.483 e. The molecule has 20 heavy (non-hydrogen) atoms. The van der Waals surface area contributed by atoms with Crippen LogP contribution in [0.4, 0.5) is 5.82 Å². The summed E-state index contributed by atoms with van der Waals surface area (Å²) in [6.45, 7) is 0.0145. The second kappa shape index (κ2) is 5.59. The van der Waals surface area contributed by atoms with Gasteiger partial charge in [0.1, 0.15) is 11.8 Å². The van der Waals surface area contributed by atoms with Crippen molar-refractivity contribution >= 4 is 17.4 Å². The van der Waals surface area contributed by atoms with Crippen molar-refractivity contribution < 1.29 is 9.66 Å². The van der Waals surface area contributed by atoms with Gasteiger partial charge in [-0.15, -0.1) is 0 Å². The lowest BCUT2D eigenvalue weighted by Gasteiger charge is -2.03. The van der Waals surface area contributed by atoms with Crippen molar-refractivity contribution in [1.82, 2.24) is 9.55 Å². The van der Waals surface area contributed by atoms with E-state index in [1.807, 2.05) is 0 Å². The number of ether oxygens (including phenoxy) is 1. The molecular formula is C12H9ClN4O3. The average molecular weight is 293 g/mol. The first kappa shape index (κ1) is 13.8. The third-order valence-electron chi connectivity index (χ3n) is 2.63. The van der Waals surface area contributed by atoms with E-state index in [4.69, 9.17) is 21.6 Å². The maximum atomic E-state index is 10.8. The molecule has 0 bridgehead atoms. The number of benzene rings is 1. The summed E-state index contributed by atoms with van der Waals surface area (Å²) >= 11 is 5.75. The van der Waals surface area contributed by atoms with Gasteiger partial charge in [0.2, 0.25) is 5.69 Å². The minimum atomic E-state index is -0.690. The van der Waals surface area contributed by atoms with Crippen LogP contribution in [0.15, 0.2) is 24.3 Å². The molecule has 1 aromatic heterocycles. The van der Waals surface area contributed by atoms with Crippen molar-refractivity contribution in [3.8, 4) is 11.8 Å². The molecule has 0 aliphatic rings. The molecule has 102 valence electrons. The Morgan fingerprint density at radius 1 is 1.50 bits per heavy atom. The summed E-state index contributed by atoms with van der Waals surface area (Å²) in [6, 6.07) is 8.43. The zero-order valence-electron chi connectivity index (χ0n) is 10.4. The molecular weight excluding hydrogens is 284 g/mol. The second-order valence-corrected chi connectivity index (χ2v) is 4.31. The Balaban J connectivity index is 2.20. The van der Waals surface area contributed by atoms with Crippen molar-refractivity contribution in [2.45, 2.75) is 6.61 Å². The normalized spacial score (nSPS) is 10.1. The van der Waals surface area contributed by atoms with Crippen LogP contribution >= 0.6 is 11.6 Å². The van der Waals surface area contributed by atoms with Crippen LogP contribution in [0, 0.1) is 21.4 Å². The van der Waals surface area contributed by atoms with Crippen molar-refractivity contribution in [1.29, 1.82) is 5.26 Å². The first-order valence-corrected chi connectivity index (χ1v) is 5.89. The topological polar surface area (TPSA) is 94.0 Å². The van der Waals surface area contributed by atoms with Crippen LogP contribution in [0.3, 0.4) is 0 Å². The molecule has 0 saturated heterocycles. The van der Waals surface area contributed by atoms with Gasteiger partial charge < -0.3 is 14.9 Å². The molecule has 0 unspecified atom stereocenters. The van der Waals surface area contributed by atoms with Gasteiger partial charge in [-0.2, -0.15) is 5.26 Å². The highest BCUT2D eigenvalue weighted by molar-refractivity contribution is 6.30. The summed E-state index contributed by atoms with van der Waals surface area (Å²) in [6.07, 6.45) is 0. The number of halogens is 1. The summed E-state index contributed by atoms with van der Waals surface area (Å²) in [5.41, 5.74) is -0.107. The molecule has 1 aromatic carbocycles.